The first-order chi connectivity index (χ1) is 8.71. The average Bonchev–Trinajstić information content (AvgIpc) is 2.76. The lowest BCUT2D eigenvalue weighted by molar-refractivity contribution is 0.166. The highest BCUT2D eigenvalue weighted by atomic mass is 15.2. The average molecular weight is 268 g/mol. The zero-order chi connectivity index (χ0) is 14.6. The Balaban J connectivity index is 2.35. The first-order valence-electron chi connectivity index (χ1n) is 8.16. The van der Waals surface area contributed by atoms with E-state index in [4.69, 9.17) is 0 Å². The van der Waals surface area contributed by atoms with Gasteiger partial charge in [-0.1, -0.05) is 41.5 Å². The van der Waals surface area contributed by atoms with Gasteiger partial charge >= 0.3 is 0 Å². The van der Waals surface area contributed by atoms with Crippen LogP contribution in [0.5, 0.6) is 0 Å². The van der Waals surface area contributed by atoms with E-state index in [1.165, 1.54) is 19.5 Å². The quantitative estimate of drug-likeness (QED) is 0.791. The molecular weight excluding hydrogens is 232 g/mol. The summed E-state index contributed by atoms with van der Waals surface area (Å²) >= 11 is 0. The van der Waals surface area contributed by atoms with Gasteiger partial charge in [-0.25, -0.2) is 0 Å². The van der Waals surface area contributed by atoms with Crippen molar-refractivity contribution in [2.45, 2.75) is 60.9 Å². The summed E-state index contributed by atoms with van der Waals surface area (Å²) < 4.78 is 0. The van der Waals surface area contributed by atoms with Gasteiger partial charge in [0, 0.05) is 12.6 Å². The molecule has 1 rings (SSSR count). The highest BCUT2D eigenvalue weighted by Crippen LogP contribution is 2.34. The highest BCUT2D eigenvalue weighted by Gasteiger charge is 2.34. The normalized spacial score (nSPS) is 24.9. The second-order valence-corrected chi connectivity index (χ2v) is 8.12. The van der Waals surface area contributed by atoms with Crippen LogP contribution in [0.2, 0.25) is 0 Å². The summed E-state index contributed by atoms with van der Waals surface area (Å²) in [7, 11) is 0. The Morgan fingerprint density at radius 1 is 1.11 bits per heavy atom. The molecular formula is C17H36N2. The Hall–Kier alpha value is -0.0800. The Morgan fingerprint density at radius 2 is 1.74 bits per heavy atom. The van der Waals surface area contributed by atoms with Crippen LogP contribution in [0.4, 0.5) is 0 Å². The second-order valence-electron chi connectivity index (χ2n) is 8.12. The molecule has 114 valence electrons. The van der Waals surface area contributed by atoms with Crippen LogP contribution in [0.15, 0.2) is 0 Å². The van der Waals surface area contributed by atoms with Gasteiger partial charge in [0.05, 0.1) is 0 Å². The zero-order valence-corrected chi connectivity index (χ0v) is 14.3. The third-order valence-electron chi connectivity index (χ3n) is 4.86. The van der Waals surface area contributed by atoms with Gasteiger partial charge in [-0.2, -0.15) is 0 Å². The summed E-state index contributed by atoms with van der Waals surface area (Å²) in [6, 6.07) is 0.701. The first kappa shape index (κ1) is 17.0. The predicted octanol–water partition coefficient (Wildman–Crippen LogP) is 3.62. The molecule has 2 heteroatoms. The number of rotatable bonds is 6. The van der Waals surface area contributed by atoms with Crippen molar-refractivity contribution in [1.82, 2.24) is 10.2 Å². The topological polar surface area (TPSA) is 15.3 Å². The molecule has 0 amide bonds. The molecule has 19 heavy (non-hydrogen) atoms. The third-order valence-corrected chi connectivity index (χ3v) is 4.86. The van der Waals surface area contributed by atoms with Crippen LogP contribution >= 0.6 is 0 Å². The van der Waals surface area contributed by atoms with Crippen molar-refractivity contribution in [1.29, 1.82) is 0 Å². The van der Waals surface area contributed by atoms with Gasteiger partial charge in [-0.3, -0.25) is 0 Å². The monoisotopic (exact) mass is 268 g/mol. The van der Waals surface area contributed by atoms with Crippen molar-refractivity contribution >= 4 is 0 Å². The van der Waals surface area contributed by atoms with Crippen molar-refractivity contribution in [3.8, 4) is 0 Å². The minimum atomic E-state index is 0.466. The molecule has 1 N–H and O–H groups in total. The number of hydrogen-bond acceptors (Lipinski definition) is 2. The van der Waals surface area contributed by atoms with Crippen LogP contribution in [0.3, 0.4) is 0 Å². The van der Waals surface area contributed by atoms with Crippen LogP contribution in [-0.2, 0) is 0 Å². The largest absolute Gasteiger partial charge is 0.316 e. The summed E-state index contributed by atoms with van der Waals surface area (Å²) in [6.45, 7) is 21.4. The van der Waals surface area contributed by atoms with Crippen molar-refractivity contribution in [2.24, 2.45) is 23.2 Å². The standard InChI is InChI=1S/C17H36N2/c1-13(2)10-18-11-14(3)15(4)19-9-8-16(12-19)17(5,6)7/h13-16,18H,8-12H2,1-7H3. The molecule has 1 heterocycles. The number of nitrogens with zero attached hydrogens (tertiary/aromatic N) is 1. The van der Waals surface area contributed by atoms with Crippen LogP contribution in [-0.4, -0.2) is 37.1 Å². The van der Waals surface area contributed by atoms with E-state index in [1.807, 2.05) is 0 Å². The summed E-state index contributed by atoms with van der Waals surface area (Å²) in [4.78, 5) is 2.71. The molecule has 0 aromatic carbocycles. The van der Waals surface area contributed by atoms with E-state index >= 15 is 0 Å². The molecule has 0 radical (unpaired) electrons. The summed E-state index contributed by atoms with van der Waals surface area (Å²) in [5.74, 6) is 2.35. The Labute approximate surface area is 121 Å². The van der Waals surface area contributed by atoms with Gasteiger partial charge in [0.2, 0.25) is 0 Å². The van der Waals surface area contributed by atoms with E-state index in [0.29, 0.717) is 11.5 Å². The van der Waals surface area contributed by atoms with E-state index in [-0.39, 0.29) is 0 Å². The van der Waals surface area contributed by atoms with Crippen LogP contribution in [0.25, 0.3) is 0 Å². The fraction of sp³-hybridized carbons (Fsp3) is 1.00. The summed E-state index contributed by atoms with van der Waals surface area (Å²) in [5, 5.41) is 3.60. The van der Waals surface area contributed by atoms with Crippen molar-refractivity contribution in [2.75, 3.05) is 26.2 Å². The molecule has 1 saturated heterocycles. The third kappa shape index (κ3) is 5.43. The van der Waals surface area contributed by atoms with Gasteiger partial charge in [0.1, 0.15) is 0 Å². The van der Waals surface area contributed by atoms with E-state index in [2.05, 4.69) is 58.7 Å². The molecule has 1 fully saturated rings. The maximum Gasteiger partial charge on any atom is 0.0105 e. The molecule has 0 spiro atoms. The fourth-order valence-corrected chi connectivity index (χ4v) is 2.99. The fourth-order valence-electron chi connectivity index (χ4n) is 2.99. The minimum Gasteiger partial charge on any atom is -0.316 e. The summed E-state index contributed by atoms with van der Waals surface area (Å²) in [6.07, 6.45) is 1.37. The van der Waals surface area contributed by atoms with Gasteiger partial charge in [0.25, 0.3) is 0 Å². The number of likely N-dealkylation sites (tertiary alicyclic amines) is 1. The smallest absolute Gasteiger partial charge is 0.0105 e. The van der Waals surface area contributed by atoms with Crippen LogP contribution in [0.1, 0.15) is 54.9 Å². The zero-order valence-electron chi connectivity index (χ0n) is 14.3. The molecule has 0 bridgehead atoms. The molecule has 1 aliphatic heterocycles. The molecule has 0 aromatic rings. The van der Waals surface area contributed by atoms with E-state index in [1.54, 1.807) is 0 Å². The van der Waals surface area contributed by atoms with Crippen LogP contribution < -0.4 is 5.32 Å². The second kappa shape index (κ2) is 7.08. The maximum absolute atomic E-state index is 3.60. The van der Waals surface area contributed by atoms with Crippen molar-refractivity contribution < 1.29 is 0 Å². The van der Waals surface area contributed by atoms with Crippen molar-refractivity contribution in [3.63, 3.8) is 0 Å². The predicted molar refractivity (Wildman–Crippen MR) is 85.5 cm³/mol. The molecule has 0 aliphatic carbocycles. The maximum atomic E-state index is 3.60. The lowest BCUT2D eigenvalue weighted by Gasteiger charge is -2.32. The number of hydrogen-bond donors (Lipinski definition) is 1. The Bertz CT molecular complexity index is 254. The molecule has 2 nitrogen and oxygen atoms in total. The van der Waals surface area contributed by atoms with Crippen LogP contribution in [0, 0.1) is 23.2 Å². The van der Waals surface area contributed by atoms with Gasteiger partial charge in [0.15, 0.2) is 0 Å². The first-order valence-corrected chi connectivity index (χ1v) is 8.16. The lowest BCUT2D eigenvalue weighted by Crippen LogP contribution is -2.41. The SMILES string of the molecule is CC(C)CNCC(C)C(C)N1CCC(C(C)(C)C)C1. The number of nitrogens with one attached hydrogen (secondary N) is 1. The minimum absolute atomic E-state index is 0.466. The van der Waals surface area contributed by atoms with E-state index in [0.717, 1.165) is 30.8 Å². The van der Waals surface area contributed by atoms with Gasteiger partial charge in [-0.15, -0.1) is 0 Å². The van der Waals surface area contributed by atoms with Gasteiger partial charge in [-0.05, 0) is 56.1 Å². The molecule has 0 saturated carbocycles. The Morgan fingerprint density at radius 3 is 2.21 bits per heavy atom. The molecule has 3 atom stereocenters. The molecule has 1 aliphatic rings. The van der Waals surface area contributed by atoms with Crippen molar-refractivity contribution in [3.05, 3.63) is 0 Å². The van der Waals surface area contributed by atoms with E-state index < -0.39 is 0 Å². The Kier molecular flexibility index (Phi) is 6.32. The lowest BCUT2D eigenvalue weighted by atomic mass is 9.80. The highest BCUT2D eigenvalue weighted by molar-refractivity contribution is 4.87. The van der Waals surface area contributed by atoms with Gasteiger partial charge < -0.3 is 10.2 Å². The molecule has 0 aromatic heterocycles. The molecule has 3 unspecified atom stereocenters. The summed E-state index contributed by atoms with van der Waals surface area (Å²) in [5.41, 5.74) is 0.466. The van der Waals surface area contributed by atoms with E-state index in [9.17, 15) is 0 Å².